The smallest absolute Gasteiger partial charge is 0.0580 e. The second-order valence-electron chi connectivity index (χ2n) is 4.77. The van der Waals surface area contributed by atoms with Crippen molar-refractivity contribution >= 4 is 38.2 Å². The Morgan fingerprint density at radius 3 is 2.90 bits per heavy atom. The topological polar surface area (TPSA) is 17.0 Å². The van der Waals surface area contributed by atoms with Gasteiger partial charge in [-0.25, -0.2) is 0 Å². The SMILES string of the molecule is CCNCc1cccc2c1ccn2Cc1sccc1Br. The number of aromatic nitrogens is 1. The third-order valence-electron chi connectivity index (χ3n) is 3.47. The Morgan fingerprint density at radius 1 is 1.25 bits per heavy atom. The minimum Gasteiger partial charge on any atom is -0.342 e. The van der Waals surface area contributed by atoms with E-state index >= 15 is 0 Å². The van der Waals surface area contributed by atoms with Gasteiger partial charge in [0.25, 0.3) is 0 Å². The summed E-state index contributed by atoms with van der Waals surface area (Å²) in [5.74, 6) is 0. The zero-order chi connectivity index (χ0) is 13.9. The van der Waals surface area contributed by atoms with E-state index in [1.54, 1.807) is 11.3 Å². The normalized spacial score (nSPS) is 11.3. The molecule has 20 heavy (non-hydrogen) atoms. The highest BCUT2D eigenvalue weighted by Crippen LogP contribution is 2.26. The molecule has 0 bridgehead atoms. The molecule has 0 spiro atoms. The average molecular weight is 349 g/mol. The van der Waals surface area contributed by atoms with E-state index in [1.807, 2.05) is 0 Å². The van der Waals surface area contributed by atoms with Crippen LogP contribution in [0.1, 0.15) is 17.4 Å². The van der Waals surface area contributed by atoms with Crippen LogP contribution in [0.4, 0.5) is 0 Å². The molecule has 0 aliphatic carbocycles. The lowest BCUT2D eigenvalue weighted by atomic mass is 10.1. The van der Waals surface area contributed by atoms with Gasteiger partial charge < -0.3 is 9.88 Å². The van der Waals surface area contributed by atoms with Crippen molar-refractivity contribution in [2.24, 2.45) is 0 Å². The lowest BCUT2D eigenvalue weighted by Gasteiger charge is -2.07. The first-order valence-corrected chi connectivity index (χ1v) is 8.46. The molecule has 104 valence electrons. The van der Waals surface area contributed by atoms with Gasteiger partial charge in [0.05, 0.1) is 6.54 Å². The molecule has 3 aromatic rings. The molecule has 4 heteroatoms. The highest BCUT2D eigenvalue weighted by Gasteiger charge is 2.08. The van der Waals surface area contributed by atoms with Gasteiger partial charge in [-0.2, -0.15) is 0 Å². The zero-order valence-corrected chi connectivity index (χ0v) is 13.8. The van der Waals surface area contributed by atoms with Gasteiger partial charge in [-0.05, 0) is 51.6 Å². The second-order valence-corrected chi connectivity index (χ2v) is 6.62. The van der Waals surface area contributed by atoms with Gasteiger partial charge in [0.1, 0.15) is 0 Å². The van der Waals surface area contributed by atoms with Gasteiger partial charge in [0, 0.05) is 33.0 Å². The van der Waals surface area contributed by atoms with Crippen molar-refractivity contribution in [2.45, 2.75) is 20.0 Å². The van der Waals surface area contributed by atoms with Gasteiger partial charge in [-0.3, -0.25) is 0 Å². The molecule has 0 aliphatic heterocycles. The number of nitrogens with one attached hydrogen (secondary N) is 1. The number of nitrogens with zero attached hydrogens (tertiary/aromatic N) is 1. The Balaban J connectivity index is 1.95. The van der Waals surface area contributed by atoms with Crippen molar-refractivity contribution in [2.75, 3.05) is 6.54 Å². The lowest BCUT2D eigenvalue weighted by Crippen LogP contribution is -2.11. The predicted octanol–water partition coefficient (Wildman–Crippen LogP) is 4.62. The lowest BCUT2D eigenvalue weighted by molar-refractivity contribution is 0.730. The summed E-state index contributed by atoms with van der Waals surface area (Å²) in [6.07, 6.45) is 2.19. The van der Waals surface area contributed by atoms with Crippen molar-refractivity contribution in [1.29, 1.82) is 0 Å². The number of benzene rings is 1. The molecule has 0 amide bonds. The maximum absolute atomic E-state index is 3.61. The number of thiophene rings is 1. The summed E-state index contributed by atoms with van der Waals surface area (Å²) in [5.41, 5.74) is 2.68. The number of hydrogen-bond donors (Lipinski definition) is 1. The van der Waals surface area contributed by atoms with Crippen molar-refractivity contribution in [1.82, 2.24) is 9.88 Å². The minimum atomic E-state index is 0.923. The van der Waals surface area contributed by atoms with E-state index in [-0.39, 0.29) is 0 Å². The Bertz CT molecular complexity index is 714. The Hall–Kier alpha value is -1.10. The van der Waals surface area contributed by atoms with E-state index in [2.05, 4.69) is 74.6 Å². The van der Waals surface area contributed by atoms with E-state index in [1.165, 1.54) is 25.8 Å². The van der Waals surface area contributed by atoms with Gasteiger partial charge in [0.2, 0.25) is 0 Å². The summed E-state index contributed by atoms with van der Waals surface area (Å²) in [6, 6.07) is 10.9. The van der Waals surface area contributed by atoms with Crippen LogP contribution < -0.4 is 5.32 Å². The molecular weight excluding hydrogens is 332 g/mol. The van der Waals surface area contributed by atoms with Crippen LogP contribution in [0.2, 0.25) is 0 Å². The van der Waals surface area contributed by atoms with Crippen LogP contribution in [-0.2, 0) is 13.1 Å². The fourth-order valence-electron chi connectivity index (χ4n) is 2.43. The minimum absolute atomic E-state index is 0.923. The molecule has 0 aliphatic rings. The van der Waals surface area contributed by atoms with Gasteiger partial charge in [-0.1, -0.05) is 19.1 Å². The first-order valence-electron chi connectivity index (χ1n) is 6.79. The fourth-order valence-corrected chi connectivity index (χ4v) is 3.91. The Kier molecular flexibility index (Phi) is 4.24. The Labute approximate surface area is 131 Å². The van der Waals surface area contributed by atoms with Gasteiger partial charge in [0.15, 0.2) is 0 Å². The van der Waals surface area contributed by atoms with E-state index < -0.39 is 0 Å². The molecule has 1 aromatic carbocycles. The van der Waals surface area contributed by atoms with Crippen LogP contribution in [0.15, 0.2) is 46.4 Å². The van der Waals surface area contributed by atoms with Gasteiger partial charge in [-0.15, -0.1) is 11.3 Å². The van der Waals surface area contributed by atoms with E-state index in [0.29, 0.717) is 0 Å². The predicted molar refractivity (Wildman–Crippen MR) is 90.4 cm³/mol. The molecule has 0 saturated carbocycles. The van der Waals surface area contributed by atoms with Crippen LogP contribution in [0.25, 0.3) is 10.9 Å². The number of halogens is 1. The van der Waals surface area contributed by atoms with Crippen LogP contribution in [-0.4, -0.2) is 11.1 Å². The molecule has 0 saturated heterocycles. The van der Waals surface area contributed by atoms with Crippen LogP contribution in [0.5, 0.6) is 0 Å². The first-order chi connectivity index (χ1) is 9.79. The summed E-state index contributed by atoms with van der Waals surface area (Å²) in [6.45, 7) is 4.99. The molecule has 0 fully saturated rings. The molecular formula is C16H17BrN2S. The summed E-state index contributed by atoms with van der Waals surface area (Å²) < 4.78 is 3.52. The standard InChI is InChI=1S/C16H17BrN2S/c1-2-18-10-12-4-3-5-15-13(12)6-8-19(15)11-16-14(17)7-9-20-16/h3-9,18H,2,10-11H2,1H3. The highest BCUT2D eigenvalue weighted by atomic mass is 79.9. The van der Waals surface area contributed by atoms with Crippen molar-refractivity contribution in [3.8, 4) is 0 Å². The monoisotopic (exact) mass is 348 g/mol. The fraction of sp³-hybridized carbons (Fsp3) is 0.250. The van der Waals surface area contributed by atoms with E-state index in [9.17, 15) is 0 Å². The van der Waals surface area contributed by atoms with Gasteiger partial charge >= 0.3 is 0 Å². The summed E-state index contributed by atoms with van der Waals surface area (Å²) in [7, 11) is 0. The number of hydrogen-bond acceptors (Lipinski definition) is 2. The zero-order valence-electron chi connectivity index (χ0n) is 11.4. The molecule has 0 atom stereocenters. The molecule has 2 nitrogen and oxygen atoms in total. The molecule has 0 unspecified atom stereocenters. The van der Waals surface area contributed by atoms with E-state index in [0.717, 1.165) is 19.6 Å². The van der Waals surface area contributed by atoms with Crippen LogP contribution >= 0.6 is 27.3 Å². The molecule has 3 rings (SSSR count). The molecule has 0 radical (unpaired) electrons. The van der Waals surface area contributed by atoms with Crippen LogP contribution in [0.3, 0.4) is 0 Å². The summed E-state index contributed by atoms with van der Waals surface area (Å²) >= 11 is 5.41. The third kappa shape index (κ3) is 2.68. The van der Waals surface area contributed by atoms with Crippen molar-refractivity contribution in [3.05, 3.63) is 56.8 Å². The molecule has 2 heterocycles. The van der Waals surface area contributed by atoms with Crippen molar-refractivity contribution < 1.29 is 0 Å². The van der Waals surface area contributed by atoms with E-state index in [4.69, 9.17) is 0 Å². The van der Waals surface area contributed by atoms with Crippen LogP contribution in [0, 0.1) is 0 Å². The number of rotatable bonds is 5. The second kappa shape index (κ2) is 6.12. The summed E-state index contributed by atoms with van der Waals surface area (Å²) in [5, 5.41) is 6.88. The van der Waals surface area contributed by atoms with Crippen molar-refractivity contribution in [3.63, 3.8) is 0 Å². The Morgan fingerprint density at radius 2 is 2.15 bits per heavy atom. The quantitative estimate of drug-likeness (QED) is 0.711. The third-order valence-corrected chi connectivity index (χ3v) is 5.39. The summed E-state index contributed by atoms with van der Waals surface area (Å²) in [4.78, 5) is 1.36. The number of fused-ring (bicyclic) bond motifs is 1. The first kappa shape index (κ1) is 13.9. The largest absolute Gasteiger partial charge is 0.342 e. The molecule has 1 N–H and O–H groups in total. The highest BCUT2D eigenvalue weighted by molar-refractivity contribution is 9.10. The maximum Gasteiger partial charge on any atom is 0.0580 e. The average Bonchev–Trinajstić information content (AvgIpc) is 3.05. The maximum atomic E-state index is 3.61. The molecule has 2 aromatic heterocycles.